The molecular weight excluding hydrogens is 422 g/mol. The van der Waals surface area contributed by atoms with Gasteiger partial charge in [-0.2, -0.15) is 0 Å². The summed E-state index contributed by atoms with van der Waals surface area (Å²) in [6, 6.07) is 16.3. The number of nitro benzene ring substituents is 1. The molecule has 0 saturated carbocycles. The van der Waals surface area contributed by atoms with Gasteiger partial charge >= 0.3 is 0 Å². The molecule has 0 radical (unpaired) electrons. The molecule has 3 rings (SSSR count). The van der Waals surface area contributed by atoms with Crippen molar-refractivity contribution in [3.05, 3.63) is 93.4 Å². The van der Waals surface area contributed by atoms with Gasteiger partial charge in [-0.25, -0.2) is 0 Å². The van der Waals surface area contributed by atoms with Crippen LogP contribution in [0.3, 0.4) is 0 Å². The van der Waals surface area contributed by atoms with E-state index in [1.807, 2.05) is 39.8 Å². The van der Waals surface area contributed by atoms with Gasteiger partial charge in [-0.15, -0.1) is 0 Å². The van der Waals surface area contributed by atoms with E-state index in [0.717, 1.165) is 5.56 Å². The molecule has 0 unspecified atom stereocenters. The Balaban J connectivity index is 1.91. The number of aryl methyl sites for hydroxylation is 1. The Morgan fingerprint density at radius 1 is 1.03 bits per heavy atom. The van der Waals surface area contributed by atoms with Gasteiger partial charge in [-0.1, -0.05) is 29.8 Å². The molecule has 0 aliphatic heterocycles. The van der Waals surface area contributed by atoms with Gasteiger partial charge in [0.25, 0.3) is 17.5 Å². The van der Waals surface area contributed by atoms with Crippen molar-refractivity contribution in [2.45, 2.75) is 33.2 Å². The number of hydrogen-bond donors (Lipinski definition) is 2. The highest BCUT2D eigenvalue weighted by molar-refractivity contribution is 6.05. The van der Waals surface area contributed by atoms with Crippen LogP contribution in [0.15, 0.2) is 70.8 Å². The number of nitrogens with zero attached hydrogens (tertiary/aromatic N) is 1. The molecule has 0 fully saturated rings. The van der Waals surface area contributed by atoms with Crippen molar-refractivity contribution in [1.82, 2.24) is 10.6 Å². The van der Waals surface area contributed by atoms with Gasteiger partial charge in [0, 0.05) is 34.9 Å². The highest BCUT2D eigenvalue weighted by Crippen LogP contribution is 2.26. The van der Waals surface area contributed by atoms with Crippen molar-refractivity contribution in [2.75, 3.05) is 0 Å². The van der Waals surface area contributed by atoms with Gasteiger partial charge in [0.1, 0.15) is 17.2 Å². The van der Waals surface area contributed by atoms with Gasteiger partial charge in [0.05, 0.1) is 4.92 Å². The Morgan fingerprint density at radius 3 is 2.36 bits per heavy atom. The van der Waals surface area contributed by atoms with Crippen LogP contribution in [0.25, 0.3) is 17.4 Å². The highest BCUT2D eigenvalue weighted by Gasteiger charge is 2.20. The number of rotatable bonds is 6. The molecule has 0 spiro atoms. The standard InChI is InChI=1S/C25H25N3O5/c1-16-8-10-17(11-9-16)23(29)26-21(24(30)27-25(2,3)4)15-20-12-13-22(33-20)18-6-5-7-19(14-18)28(31)32/h5-15H,1-4H3,(H,26,29)(H,27,30). The zero-order valence-electron chi connectivity index (χ0n) is 18.8. The van der Waals surface area contributed by atoms with Crippen molar-refractivity contribution in [3.63, 3.8) is 0 Å². The largest absolute Gasteiger partial charge is 0.457 e. The smallest absolute Gasteiger partial charge is 0.270 e. The summed E-state index contributed by atoms with van der Waals surface area (Å²) in [6.07, 6.45) is 1.42. The molecule has 0 atom stereocenters. The second kappa shape index (κ2) is 9.52. The van der Waals surface area contributed by atoms with Gasteiger partial charge in [-0.05, 0) is 52.0 Å². The lowest BCUT2D eigenvalue weighted by Gasteiger charge is -2.21. The molecular formula is C25H25N3O5. The second-order valence-electron chi connectivity index (χ2n) is 8.59. The lowest BCUT2D eigenvalue weighted by molar-refractivity contribution is -0.384. The molecule has 2 N–H and O–H groups in total. The monoisotopic (exact) mass is 447 g/mol. The van der Waals surface area contributed by atoms with E-state index < -0.39 is 22.3 Å². The zero-order chi connectivity index (χ0) is 24.2. The normalized spacial score (nSPS) is 11.7. The van der Waals surface area contributed by atoms with E-state index in [9.17, 15) is 19.7 Å². The Hall–Kier alpha value is -4.20. The van der Waals surface area contributed by atoms with Crippen LogP contribution < -0.4 is 10.6 Å². The molecule has 8 nitrogen and oxygen atoms in total. The lowest BCUT2D eigenvalue weighted by Crippen LogP contribution is -2.44. The SMILES string of the molecule is Cc1ccc(C(=O)NC(=Cc2ccc(-c3cccc([N+](=O)[O-])c3)o2)C(=O)NC(C)(C)C)cc1. The average molecular weight is 447 g/mol. The summed E-state index contributed by atoms with van der Waals surface area (Å²) >= 11 is 0. The van der Waals surface area contributed by atoms with Crippen LogP contribution in [-0.4, -0.2) is 22.3 Å². The maximum absolute atomic E-state index is 12.9. The minimum absolute atomic E-state index is 0.00967. The van der Waals surface area contributed by atoms with Crippen LogP contribution in [0.4, 0.5) is 5.69 Å². The summed E-state index contributed by atoms with van der Waals surface area (Å²) in [5.41, 5.74) is 1.37. The Kier molecular flexibility index (Phi) is 6.77. The van der Waals surface area contributed by atoms with E-state index in [-0.39, 0.29) is 11.4 Å². The summed E-state index contributed by atoms with van der Waals surface area (Å²) < 4.78 is 5.79. The molecule has 0 saturated heterocycles. The minimum atomic E-state index is -0.526. The first-order valence-electron chi connectivity index (χ1n) is 10.3. The predicted molar refractivity (Wildman–Crippen MR) is 125 cm³/mol. The predicted octanol–water partition coefficient (Wildman–Crippen LogP) is 4.85. The maximum Gasteiger partial charge on any atom is 0.270 e. The first kappa shape index (κ1) is 23.5. The second-order valence-corrected chi connectivity index (χ2v) is 8.59. The molecule has 8 heteroatoms. The Bertz CT molecular complexity index is 1220. The summed E-state index contributed by atoms with van der Waals surface area (Å²) in [5.74, 6) is -0.211. The fourth-order valence-electron chi connectivity index (χ4n) is 2.97. The number of nitrogens with one attached hydrogen (secondary N) is 2. The Labute approximate surface area is 191 Å². The molecule has 0 aliphatic rings. The summed E-state index contributed by atoms with van der Waals surface area (Å²) in [5, 5.41) is 16.5. The third-order valence-corrected chi connectivity index (χ3v) is 4.55. The lowest BCUT2D eigenvalue weighted by atomic mass is 10.1. The summed E-state index contributed by atoms with van der Waals surface area (Å²) in [6.45, 7) is 7.41. The summed E-state index contributed by atoms with van der Waals surface area (Å²) in [4.78, 5) is 36.2. The highest BCUT2D eigenvalue weighted by atomic mass is 16.6. The van der Waals surface area contributed by atoms with E-state index in [1.165, 1.54) is 18.2 Å². The van der Waals surface area contributed by atoms with E-state index in [0.29, 0.717) is 22.6 Å². The van der Waals surface area contributed by atoms with Crippen molar-refractivity contribution >= 4 is 23.6 Å². The van der Waals surface area contributed by atoms with E-state index in [1.54, 1.807) is 36.4 Å². The first-order chi connectivity index (χ1) is 15.5. The van der Waals surface area contributed by atoms with Crippen molar-refractivity contribution in [3.8, 4) is 11.3 Å². The molecule has 3 aromatic rings. The fraction of sp³-hybridized carbons (Fsp3) is 0.200. The van der Waals surface area contributed by atoms with Crippen molar-refractivity contribution < 1.29 is 18.9 Å². The molecule has 170 valence electrons. The summed E-state index contributed by atoms with van der Waals surface area (Å²) in [7, 11) is 0. The Morgan fingerprint density at radius 2 is 1.73 bits per heavy atom. The van der Waals surface area contributed by atoms with Crippen LogP contribution in [0.2, 0.25) is 0 Å². The molecule has 1 aromatic heterocycles. The molecule has 0 aliphatic carbocycles. The molecule has 0 bridgehead atoms. The number of non-ortho nitro benzene ring substituents is 1. The van der Waals surface area contributed by atoms with Crippen LogP contribution in [0.5, 0.6) is 0 Å². The molecule has 2 aromatic carbocycles. The van der Waals surface area contributed by atoms with E-state index in [4.69, 9.17) is 4.42 Å². The van der Waals surface area contributed by atoms with Gasteiger partial charge in [0.2, 0.25) is 0 Å². The number of nitro groups is 1. The number of furan rings is 1. The minimum Gasteiger partial charge on any atom is -0.457 e. The van der Waals surface area contributed by atoms with Crippen LogP contribution in [-0.2, 0) is 4.79 Å². The van der Waals surface area contributed by atoms with Crippen LogP contribution >= 0.6 is 0 Å². The van der Waals surface area contributed by atoms with Gasteiger partial charge in [-0.3, -0.25) is 19.7 Å². The molecule has 1 heterocycles. The van der Waals surface area contributed by atoms with E-state index >= 15 is 0 Å². The van der Waals surface area contributed by atoms with Crippen molar-refractivity contribution in [2.24, 2.45) is 0 Å². The topological polar surface area (TPSA) is 114 Å². The average Bonchev–Trinajstić information content (AvgIpc) is 3.21. The van der Waals surface area contributed by atoms with Crippen molar-refractivity contribution in [1.29, 1.82) is 0 Å². The number of benzene rings is 2. The van der Waals surface area contributed by atoms with E-state index in [2.05, 4.69) is 10.6 Å². The van der Waals surface area contributed by atoms with Gasteiger partial charge in [0.15, 0.2) is 0 Å². The fourth-order valence-corrected chi connectivity index (χ4v) is 2.97. The zero-order valence-corrected chi connectivity index (χ0v) is 18.8. The molecule has 33 heavy (non-hydrogen) atoms. The maximum atomic E-state index is 12.9. The molecule has 2 amide bonds. The van der Waals surface area contributed by atoms with Gasteiger partial charge < -0.3 is 15.1 Å². The first-order valence-corrected chi connectivity index (χ1v) is 10.3. The van der Waals surface area contributed by atoms with Crippen LogP contribution in [0, 0.1) is 17.0 Å². The van der Waals surface area contributed by atoms with Crippen LogP contribution in [0.1, 0.15) is 42.5 Å². The number of hydrogen-bond acceptors (Lipinski definition) is 5. The third kappa shape index (κ3) is 6.39. The number of amides is 2. The third-order valence-electron chi connectivity index (χ3n) is 4.55. The quantitative estimate of drug-likeness (QED) is 0.318. The number of carbonyl (C=O) groups is 2. The number of carbonyl (C=O) groups excluding carboxylic acids is 2.